The van der Waals surface area contributed by atoms with Crippen LogP contribution in [0.2, 0.25) is 0 Å². The first-order chi connectivity index (χ1) is 9.22. The van der Waals surface area contributed by atoms with Crippen molar-refractivity contribution in [3.63, 3.8) is 0 Å². The quantitative estimate of drug-likeness (QED) is 0.739. The number of amides is 1. The minimum absolute atomic E-state index is 0.114. The molecule has 0 unspecified atom stereocenters. The second kappa shape index (κ2) is 6.10. The lowest BCUT2D eigenvalue weighted by molar-refractivity contribution is 0.174. The molecule has 0 atom stereocenters. The second-order valence-electron chi connectivity index (χ2n) is 3.87. The number of aromatic nitrogens is 3. The Morgan fingerprint density at radius 1 is 1.53 bits per heavy atom. The standard InChI is InChI=1S/C11H15N5O3/c1-3-4-19-11(17)16-9-13-8(7-5-12-6-7)14-10(15-9)18-2/h3,7,12H,1,4-6H2,2H3,(H,13,14,15,16,17). The number of rotatable bonds is 5. The molecule has 0 radical (unpaired) electrons. The van der Waals surface area contributed by atoms with Crippen LogP contribution in [-0.2, 0) is 4.74 Å². The summed E-state index contributed by atoms with van der Waals surface area (Å²) in [5.41, 5.74) is 0. The number of ether oxygens (including phenoxy) is 2. The summed E-state index contributed by atoms with van der Waals surface area (Å²) in [7, 11) is 1.46. The molecule has 0 aromatic carbocycles. The predicted octanol–water partition coefficient (Wildman–Crippen LogP) is 0.301. The predicted molar refractivity (Wildman–Crippen MR) is 67.2 cm³/mol. The molecule has 1 aliphatic rings. The Morgan fingerprint density at radius 3 is 2.89 bits per heavy atom. The highest BCUT2D eigenvalue weighted by Gasteiger charge is 2.24. The van der Waals surface area contributed by atoms with Gasteiger partial charge in [-0.25, -0.2) is 4.79 Å². The number of anilines is 1. The van der Waals surface area contributed by atoms with Gasteiger partial charge in [-0.1, -0.05) is 12.7 Å². The topological polar surface area (TPSA) is 98.3 Å². The molecule has 0 spiro atoms. The van der Waals surface area contributed by atoms with E-state index in [4.69, 9.17) is 9.47 Å². The maximum Gasteiger partial charge on any atom is 0.414 e. The average Bonchev–Trinajstić information content (AvgIpc) is 2.34. The molecular formula is C11H15N5O3. The molecule has 8 heteroatoms. The van der Waals surface area contributed by atoms with Crippen molar-refractivity contribution in [2.45, 2.75) is 5.92 Å². The first kappa shape index (κ1) is 13.2. The van der Waals surface area contributed by atoms with Crippen LogP contribution >= 0.6 is 0 Å². The summed E-state index contributed by atoms with van der Waals surface area (Å²) in [4.78, 5) is 23.7. The van der Waals surface area contributed by atoms with E-state index >= 15 is 0 Å². The molecule has 0 saturated carbocycles. The van der Waals surface area contributed by atoms with Gasteiger partial charge in [0.2, 0.25) is 5.95 Å². The zero-order chi connectivity index (χ0) is 13.7. The number of nitrogens with zero attached hydrogens (tertiary/aromatic N) is 3. The van der Waals surface area contributed by atoms with Gasteiger partial charge in [0.05, 0.1) is 7.11 Å². The molecule has 0 aliphatic carbocycles. The lowest BCUT2D eigenvalue weighted by Gasteiger charge is -2.25. The summed E-state index contributed by atoms with van der Waals surface area (Å²) in [6.07, 6.45) is 0.824. The van der Waals surface area contributed by atoms with Gasteiger partial charge in [-0.3, -0.25) is 5.32 Å². The van der Waals surface area contributed by atoms with Gasteiger partial charge < -0.3 is 14.8 Å². The van der Waals surface area contributed by atoms with Crippen LogP contribution < -0.4 is 15.4 Å². The van der Waals surface area contributed by atoms with Crippen molar-refractivity contribution in [3.05, 3.63) is 18.5 Å². The van der Waals surface area contributed by atoms with Crippen LogP contribution in [0.1, 0.15) is 11.7 Å². The van der Waals surface area contributed by atoms with Crippen LogP contribution in [0, 0.1) is 0 Å². The minimum atomic E-state index is -0.647. The Balaban J connectivity index is 2.09. The van der Waals surface area contributed by atoms with Gasteiger partial charge in [-0.2, -0.15) is 15.0 Å². The van der Waals surface area contributed by atoms with Gasteiger partial charge in [0.1, 0.15) is 12.4 Å². The van der Waals surface area contributed by atoms with Gasteiger partial charge in [0, 0.05) is 19.0 Å². The summed E-state index contributed by atoms with van der Waals surface area (Å²) < 4.78 is 9.77. The summed E-state index contributed by atoms with van der Waals surface area (Å²) in [6.45, 7) is 5.17. The monoisotopic (exact) mass is 265 g/mol. The van der Waals surface area contributed by atoms with E-state index in [1.165, 1.54) is 13.2 Å². The zero-order valence-electron chi connectivity index (χ0n) is 10.5. The lowest BCUT2D eigenvalue weighted by Crippen LogP contribution is -2.41. The number of carbonyl (C=O) groups is 1. The first-order valence-corrected chi connectivity index (χ1v) is 5.78. The van der Waals surface area contributed by atoms with Crippen molar-refractivity contribution in [2.24, 2.45) is 0 Å². The van der Waals surface area contributed by atoms with E-state index in [1.54, 1.807) is 0 Å². The van der Waals surface area contributed by atoms with Crippen molar-refractivity contribution in [3.8, 4) is 6.01 Å². The van der Waals surface area contributed by atoms with Crippen molar-refractivity contribution in [2.75, 3.05) is 32.1 Å². The fraction of sp³-hybridized carbons (Fsp3) is 0.455. The molecular weight excluding hydrogens is 250 g/mol. The fourth-order valence-electron chi connectivity index (χ4n) is 1.44. The molecule has 8 nitrogen and oxygen atoms in total. The zero-order valence-corrected chi connectivity index (χ0v) is 10.5. The third kappa shape index (κ3) is 3.38. The summed E-state index contributed by atoms with van der Waals surface area (Å²) in [5.74, 6) is 0.911. The molecule has 1 amide bonds. The maximum absolute atomic E-state index is 11.4. The smallest absolute Gasteiger partial charge is 0.414 e. The van der Waals surface area contributed by atoms with Crippen molar-refractivity contribution >= 4 is 12.0 Å². The van der Waals surface area contributed by atoms with E-state index in [-0.39, 0.29) is 24.5 Å². The summed E-state index contributed by atoms with van der Waals surface area (Å²) >= 11 is 0. The fourth-order valence-corrected chi connectivity index (χ4v) is 1.44. The van der Waals surface area contributed by atoms with Gasteiger partial charge in [0.15, 0.2) is 0 Å². The van der Waals surface area contributed by atoms with Gasteiger partial charge in [0.25, 0.3) is 0 Å². The van der Waals surface area contributed by atoms with E-state index in [1.807, 2.05) is 0 Å². The van der Waals surface area contributed by atoms with Crippen molar-refractivity contribution in [1.29, 1.82) is 0 Å². The summed E-state index contributed by atoms with van der Waals surface area (Å²) in [6, 6.07) is 0.163. The Labute approximate surface area is 110 Å². The lowest BCUT2D eigenvalue weighted by atomic mass is 10.0. The van der Waals surface area contributed by atoms with E-state index in [0.717, 1.165) is 13.1 Å². The van der Waals surface area contributed by atoms with Crippen molar-refractivity contribution in [1.82, 2.24) is 20.3 Å². The number of nitrogens with one attached hydrogen (secondary N) is 2. The molecule has 1 aliphatic heterocycles. The molecule has 2 rings (SSSR count). The molecule has 0 bridgehead atoms. The second-order valence-corrected chi connectivity index (χ2v) is 3.87. The number of hydrogen-bond donors (Lipinski definition) is 2. The number of methoxy groups -OCH3 is 1. The molecule has 2 N–H and O–H groups in total. The van der Waals surface area contributed by atoms with E-state index < -0.39 is 6.09 Å². The van der Waals surface area contributed by atoms with E-state index in [2.05, 4.69) is 32.2 Å². The van der Waals surface area contributed by atoms with Crippen LogP contribution in [0.15, 0.2) is 12.7 Å². The van der Waals surface area contributed by atoms with Crippen LogP contribution in [0.25, 0.3) is 0 Å². The molecule has 1 aromatic rings. The van der Waals surface area contributed by atoms with Gasteiger partial charge >= 0.3 is 12.1 Å². The molecule has 102 valence electrons. The van der Waals surface area contributed by atoms with E-state index in [9.17, 15) is 4.79 Å². The highest BCUT2D eigenvalue weighted by Crippen LogP contribution is 2.18. The third-order valence-electron chi connectivity index (χ3n) is 2.51. The Morgan fingerprint density at radius 2 is 2.32 bits per heavy atom. The number of carbonyl (C=O) groups excluding carboxylic acids is 1. The SMILES string of the molecule is C=CCOC(=O)Nc1nc(OC)nc(C2CNC2)n1. The molecule has 1 saturated heterocycles. The first-order valence-electron chi connectivity index (χ1n) is 5.78. The molecule has 2 heterocycles. The molecule has 19 heavy (non-hydrogen) atoms. The average molecular weight is 265 g/mol. The van der Waals surface area contributed by atoms with Crippen molar-refractivity contribution < 1.29 is 14.3 Å². The molecule has 1 aromatic heterocycles. The van der Waals surface area contributed by atoms with Crippen LogP contribution in [0.5, 0.6) is 6.01 Å². The van der Waals surface area contributed by atoms with Crippen LogP contribution in [-0.4, -0.2) is 47.9 Å². The Bertz CT molecular complexity index is 475. The Kier molecular flexibility index (Phi) is 4.24. The number of hydrogen-bond acceptors (Lipinski definition) is 7. The van der Waals surface area contributed by atoms with E-state index in [0.29, 0.717) is 5.82 Å². The normalized spacial score (nSPS) is 14.4. The highest BCUT2D eigenvalue weighted by atomic mass is 16.5. The maximum atomic E-state index is 11.4. The third-order valence-corrected chi connectivity index (χ3v) is 2.51. The summed E-state index contributed by atoms with van der Waals surface area (Å²) in [5, 5.41) is 5.54. The molecule has 1 fully saturated rings. The largest absolute Gasteiger partial charge is 0.467 e. The van der Waals surface area contributed by atoms with Crippen LogP contribution in [0.3, 0.4) is 0 Å². The van der Waals surface area contributed by atoms with Gasteiger partial charge in [-0.05, 0) is 0 Å². The minimum Gasteiger partial charge on any atom is -0.467 e. The van der Waals surface area contributed by atoms with Gasteiger partial charge in [-0.15, -0.1) is 0 Å². The highest BCUT2D eigenvalue weighted by molar-refractivity contribution is 5.82. The Hall–Kier alpha value is -2.22. The van der Waals surface area contributed by atoms with Crippen LogP contribution in [0.4, 0.5) is 10.7 Å².